The predicted octanol–water partition coefficient (Wildman–Crippen LogP) is 5.60. The molecule has 0 unspecified atom stereocenters. The summed E-state index contributed by atoms with van der Waals surface area (Å²) in [5, 5.41) is 5.56. The molecule has 0 atom stereocenters. The molecule has 0 heterocycles. The lowest BCUT2D eigenvalue weighted by Crippen LogP contribution is -2.19. The number of hydrogen-bond donors (Lipinski definition) is 2. The molecule has 0 saturated carbocycles. The fraction of sp³-hybridized carbons (Fsp3) is 0.0714. The number of carbonyl (C=O) groups is 1. The molecule has 0 aliphatic heterocycles. The van der Waals surface area contributed by atoms with Crippen LogP contribution in [0.25, 0.3) is 0 Å². The standard InChI is InChI=1S/C14H10ClF3N2OS/c15-9-2-1-3-11(8-9)20-13(21)19-10-4-6-12(7-5-10)22-14(16,17)18/h1-8H,(H2,19,20,21). The van der Waals surface area contributed by atoms with Gasteiger partial charge in [0.15, 0.2) is 0 Å². The summed E-state index contributed by atoms with van der Waals surface area (Å²) in [5.74, 6) is 0. The maximum Gasteiger partial charge on any atom is 0.446 e. The van der Waals surface area contributed by atoms with Crippen molar-refractivity contribution in [2.45, 2.75) is 10.4 Å². The van der Waals surface area contributed by atoms with Crippen molar-refractivity contribution in [3.63, 3.8) is 0 Å². The van der Waals surface area contributed by atoms with E-state index in [4.69, 9.17) is 11.6 Å². The van der Waals surface area contributed by atoms with E-state index in [1.165, 1.54) is 24.3 Å². The SMILES string of the molecule is O=C(Nc1ccc(SC(F)(F)F)cc1)Nc1cccc(Cl)c1. The van der Waals surface area contributed by atoms with E-state index < -0.39 is 11.5 Å². The maximum absolute atomic E-state index is 12.2. The third-order valence-electron chi connectivity index (χ3n) is 2.43. The maximum atomic E-state index is 12.2. The van der Waals surface area contributed by atoms with Crippen molar-refractivity contribution in [2.75, 3.05) is 10.6 Å². The monoisotopic (exact) mass is 346 g/mol. The minimum Gasteiger partial charge on any atom is -0.308 e. The lowest BCUT2D eigenvalue weighted by atomic mass is 10.3. The fourth-order valence-corrected chi connectivity index (χ4v) is 2.33. The number of halogens is 4. The molecular weight excluding hydrogens is 337 g/mol. The van der Waals surface area contributed by atoms with Crippen molar-refractivity contribution in [1.29, 1.82) is 0 Å². The molecule has 0 radical (unpaired) electrons. The predicted molar refractivity (Wildman–Crippen MR) is 82.4 cm³/mol. The van der Waals surface area contributed by atoms with Crippen molar-refractivity contribution < 1.29 is 18.0 Å². The normalized spacial score (nSPS) is 11.1. The van der Waals surface area contributed by atoms with E-state index in [-0.39, 0.29) is 16.7 Å². The van der Waals surface area contributed by atoms with Crippen molar-refractivity contribution in [3.8, 4) is 0 Å². The van der Waals surface area contributed by atoms with Gasteiger partial charge in [-0.1, -0.05) is 17.7 Å². The van der Waals surface area contributed by atoms with Crippen LogP contribution >= 0.6 is 23.4 Å². The van der Waals surface area contributed by atoms with Crippen LogP contribution in [-0.4, -0.2) is 11.5 Å². The first-order valence-electron chi connectivity index (χ1n) is 6.01. The second-order valence-electron chi connectivity index (χ2n) is 4.16. The first kappa shape index (κ1) is 16.5. The molecule has 3 nitrogen and oxygen atoms in total. The molecule has 0 aromatic heterocycles. The Bertz CT molecular complexity index is 662. The molecule has 2 N–H and O–H groups in total. The van der Waals surface area contributed by atoms with Crippen molar-refractivity contribution >= 4 is 40.8 Å². The van der Waals surface area contributed by atoms with Gasteiger partial charge in [-0.2, -0.15) is 13.2 Å². The van der Waals surface area contributed by atoms with Crippen LogP contribution in [0.2, 0.25) is 5.02 Å². The van der Waals surface area contributed by atoms with Gasteiger partial charge in [0, 0.05) is 21.3 Å². The lowest BCUT2D eigenvalue weighted by Gasteiger charge is -2.09. The van der Waals surface area contributed by atoms with Gasteiger partial charge in [0.2, 0.25) is 0 Å². The van der Waals surface area contributed by atoms with Crippen LogP contribution in [0.15, 0.2) is 53.4 Å². The summed E-state index contributed by atoms with van der Waals surface area (Å²) in [6.07, 6.45) is 0. The van der Waals surface area contributed by atoms with E-state index in [0.29, 0.717) is 16.4 Å². The van der Waals surface area contributed by atoms with Gasteiger partial charge in [-0.15, -0.1) is 0 Å². The molecule has 8 heteroatoms. The summed E-state index contributed by atoms with van der Waals surface area (Å²) >= 11 is 5.58. The molecule has 0 bridgehead atoms. The Labute approximate surface area is 133 Å². The third kappa shape index (κ3) is 5.50. The van der Waals surface area contributed by atoms with Gasteiger partial charge in [0.25, 0.3) is 0 Å². The van der Waals surface area contributed by atoms with E-state index in [0.717, 1.165) is 0 Å². The van der Waals surface area contributed by atoms with Gasteiger partial charge in [0.1, 0.15) is 0 Å². The van der Waals surface area contributed by atoms with E-state index in [1.54, 1.807) is 24.3 Å². The molecule has 116 valence electrons. The van der Waals surface area contributed by atoms with Gasteiger partial charge in [-0.3, -0.25) is 0 Å². The minimum absolute atomic E-state index is 0.0494. The highest BCUT2D eigenvalue weighted by atomic mass is 35.5. The van der Waals surface area contributed by atoms with Crippen LogP contribution < -0.4 is 10.6 Å². The van der Waals surface area contributed by atoms with E-state index >= 15 is 0 Å². The number of nitrogens with one attached hydrogen (secondary N) is 2. The van der Waals surface area contributed by atoms with Crippen molar-refractivity contribution in [1.82, 2.24) is 0 Å². The molecule has 0 spiro atoms. The highest BCUT2D eigenvalue weighted by Crippen LogP contribution is 2.37. The van der Waals surface area contributed by atoms with Gasteiger partial charge >= 0.3 is 11.5 Å². The highest BCUT2D eigenvalue weighted by molar-refractivity contribution is 8.00. The zero-order chi connectivity index (χ0) is 16.2. The first-order valence-corrected chi connectivity index (χ1v) is 7.21. The number of benzene rings is 2. The Morgan fingerprint density at radius 3 is 2.23 bits per heavy atom. The molecule has 2 aromatic rings. The minimum atomic E-state index is -4.33. The number of thioether (sulfide) groups is 1. The van der Waals surface area contributed by atoms with E-state index in [2.05, 4.69) is 10.6 Å². The molecule has 2 rings (SSSR count). The summed E-state index contributed by atoms with van der Waals surface area (Å²) in [6, 6.07) is 11.4. The molecule has 22 heavy (non-hydrogen) atoms. The molecular formula is C14H10ClF3N2OS. The second-order valence-corrected chi connectivity index (χ2v) is 5.74. The van der Waals surface area contributed by atoms with Gasteiger partial charge in [0.05, 0.1) is 0 Å². The van der Waals surface area contributed by atoms with Gasteiger partial charge in [-0.25, -0.2) is 4.79 Å². The number of anilines is 2. The average molecular weight is 347 g/mol. The zero-order valence-electron chi connectivity index (χ0n) is 10.9. The number of alkyl halides is 3. The number of amides is 2. The average Bonchev–Trinajstić information content (AvgIpc) is 2.39. The lowest BCUT2D eigenvalue weighted by molar-refractivity contribution is -0.0328. The fourth-order valence-electron chi connectivity index (χ4n) is 1.60. The highest BCUT2D eigenvalue weighted by Gasteiger charge is 2.28. The molecule has 0 saturated heterocycles. The quantitative estimate of drug-likeness (QED) is 0.711. The Hall–Kier alpha value is -1.86. The molecule has 2 aromatic carbocycles. The molecule has 0 aliphatic carbocycles. The smallest absolute Gasteiger partial charge is 0.308 e. The first-order chi connectivity index (χ1) is 10.3. The number of urea groups is 1. The Morgan fingerprint density at radius 1 is 1.00 bits per heavy atom. The summed E-state index contributed by atoms with van der Waals surface area (Å²) in [7, 11) is 0. The summed E-state index contributed by atoms with van der Waals surface area (Å²) in [6.45, 7) is 0. The molecule has 0 aliphatic rings. The van der Waals surface area contributed by atoms with Crippen LogP contribution in [0.1, 0.15) is 0 Å². The van der Waals surface area contributed by atoms with Crippen LogP contribution in [0, 0.1) is 0 Å². The Morgan fingerprint density at radius 2 is 1.64 bits per heavy atom. The van der Waals surface area contributed by atoms with Crippen LogP contribution in [0.5, 0.6) is 0 Å². The van der Waals surface area contributed by atoms with E-state index in [9.17, 15) is 18.0 Å². The number of hydrogen-bond acceptors (Lipinski definition) is 2. The van der Waals surface area contributed by atoms with Crippen LogP contribution in [-0.2, 0) is 0 Å². The number of rotatable bonds is 3. The van der Waals surface area contributed by atoms with Crippen molar-refractivity contribution in [3.05, 3.63) is 53.6 Å². The Kier molecular flexibility index (Phi) is 5.20. The van der Waals surface area contributed by atoms with E-state index in [1.807, 2.05) is 0 Å². The summed E-state index contributed by atoms with van der Waals surface area (Å²) in [5.41, 5.74) is -3.45. The number of carbonyl (C=O) groups excluding carboxylic acids is 1. The zero-order valence-corrected chi connectivity index (χ0v) is 12.5. The Balaban J connectivity index is 1.94. The van der Waals surface area contributed by atoms with Gasteiger partial charge in [-0.05, 0) is 54.2 Å². The van der Waals surface area contributed by atoms with Gasteiger partial charge < -0.3 is 10.6 Å². The largest absolute Gasteiger partial charge is 0.446 e. The summed E-state index contributed by atoms with van der Waals surface area (Å²) in [4.78, 5) is 11.8. The summed E-state index contributed by atoms with van der Waals surface area (Å²) < 4.78 is 36.6. The van der Waals surface area contributed by atoms with Crippen molar-refractivity contribution in [2.24, 2.45) is 0 Å². The third-order valence-corrected chi connectivity index (χ3v) is 3.40. The molecule has 0 fully saturated rings. The topological polar surface area (TPSA) is 41.1 Å². The van der Waals surface area contributed by atoms with Crippen LogP contribution in [0.4, 0.5) is 29.3 Å². The molecule has 2 amide bonds. The van der Waals surface area contributed by atoms with Crippen LogP contribution in [0.3, 0.4) is 0 Å². The second kappa shape index (κ2) is 6.93.